The molecule has 6 nitrogen and oxygen atoms in total. The van der Waals surface area contributed by atoms with E-state index in [9.17, 15) is 9.18 Å². The number of fused-ring (bicyclic) bond motifs is 1. The average molecular weight is 440 g/mol. The van der Waals surface area contributed by atoms with E-state index in [-0.39, 0.29) is 17.4 Å². The van der Waals surface area contributed by atoms with Crippen LogP contribution in [0.25, 0.3) is 11.8 Å². The minimum absolute atomic E-state index is 0.222. The molecule has 164 valence electrons. The topological polar surface area (TPSA) is 83.0 Å². The van der Waals surface area contributed by atoms with E-state index in [4.69, 9.17) is 10.5 Å². The zero-order valence-electron chi connectivity index (χ0n) is 18.2. The molecule has 0 aliphatic heterocycles. The van der Waals surface area contributed by atoms with Crippen molar-refractivity contribution >= 4 is 17.7 Å². The number of hydrogen-bond donors (Lipinski definition) is 1. The van der Waals surface area contributed by atoms with Crippen LogP contribution in [0.15, 0.2) is 66.5 Å². The number of halogens is 1. The number of ether oxygens (including phenoxy) is 1. The number of rotatable bonds is 5. The van der Waals surface area contributed by atoms with Crippen molar-refractivity contribution in [2.45, 2.75) is 20.3 Å². The van der Waals surface area contributed by atoms with Crippen LogP contribution < -0.4 is 10.5 Å². The zero-order chi connectivity index (χ0) is 23.1. The fourth-order valence-electron chi connectivity index (χ4n) is 3.94. The number of aryl methyl sites for hydroxylation is 2. The summed E-state index contributed by atoms with van der Waals surface area (Å²) in [5, 5.41) is 4.33. The Balaban J connectivity index is 1.40. The van der Waals surface area contributed by atoms with Crippen molar-refractivity contribution in [2.24, 2.45) is 0 Å². The number of allylic oxidation sites excluding steroid dienone is 1. The molecule has 0 spiro atoms. The lowest BCUT2D eigenvalue weighted by Gasteiger charge is -2.11. The molecule has 0 saturated heterocycles. The Morgan fingerprint density at radius 2 is 1.91 bits per heavy atom. The fraction of sp³-hybridized carbons (Fsp3) is 0.115. The summed E-state index contributed by atoms with van der Waals surface area (Å²) < 4.78 is 20.9. The van der Waals surface area contributed by atoms with E-state index >= 15 is 0 Å². The van der Waals surface area contributed by atoms with Crippen LogP contribution in [0.2, 0.25) is 0 Å². The summed E-state index contributed by atoms with van der Waals surface area (Å²) in [5.41, 5.74) is 11.3. The fourth-order valence-corrected chi connectivity index (χ4v) is 3.94. The maximum absolute atomic E-state index is 13.5. The van der Waals surface area contributed by atoms with Crippen LogP contribution in [0.3, 0.4) is 0 Å². The van der Waals surface area contributed by atoms with Crippen LogP contribution in [0, 0.1) is 19.7 Å². The van der Waals surface area contributed by atoms with Gasteiger partial charge < -0.3 is 10.5 Å². The van der Waals surface area contributed by atoms with Gasteiger partial charge in [0, 0.05) is 18.1 Å². The molecule has 33 heavy (non-hydrogen) atoms. The Morgan fingerprint density at radius 1 is 1.09 bits per heavy atom. The molecule has 2 heterocycles. The summed E-state index contributed by atoms with van der Waals surface area (Å²) in [7, 11) is 0. The standard InChI is InChI=1S/C26H21FN4O2/c1-15-5-3-4-6-23(15)33-24-9-16(2)22(14-29-24)31-26(28)21(13-30-31)25(32)19-10-17-7-8-20(27)12-18(17)11-19/h3-10,12-14H,11,28H2,1-2H3. The van der Waals surface area contributed by atoms with Gasteiger partial charge in [0.1, 0.15) is 17.4 Å². The summed E-state index contributed by atoms with van der Waals surface area (Å²) in [6.07, 6.45) is 5.22. The van der Waals surface area contributed by atoms with Crippen LogP contribution in [0.1, 0.15) is 32.6 Å². The smallest absolute Gasteiger partial charge is 0.219 e. The normalized spacial score (nSPS) is 12.4. The summed E-state index contributed by atoms with van der Waals surface area (Å²) in [5.74, 6) is 0.866. The molecule has 0 saturated carbocycles. The van der Waals surface area contributed by atoms with E-state index in [1.54, 1.807) is 24.4 Å². The Bertz CT molecular complexity index is 1440. The number of Topliss-reactive ketones (excluding diaryl/α,β-unsaturated/α-hetero) is 1. The highest BCUT2D eigenvalue weighted by Gasteiger charge is 2.24. The van der Waals surface area contributed by atoms with E-state index in [2.05, 4.69) is 10.1 Å². The highest BCUT2D eigenvalue weighted by molar-refractivity contribution is 6.15. The van der Waals surface area contributed by atoms with E-state index < -0.39 is 0 Å². The molecule has 1 aliphatic rings. The number of para-hydroxylation sites is 1. The molecule has 0 radical (unpaired) electrons. The lowest BCUT2D eigenvalue weighted by Crippen LogP contribution is -2.09. The summed E-state index contributed by atoms with van der Waals surface area (Å²) in [4.78, 5) is 17.5. The van der Waals surface area contributed by atoms with Gasteiger partial charge in [-0.1, -0.05) is 24.3 Å². The zero-order valence-corrected chi connectivity index (χ0v) is 18.2. The molecule has 7 heteroatoms. The van der Waals surface area contributed by atoms with Gasteiger partial charge in [-0.3, -0.25) is 4.79 Å². The third-order valence-electron chi connectivity index (χ3n) is 5.75. The number of pyridine rings is 1. The Labute approximate surface area is 190 Å². The van der Waals surface area contributed by atoms with Crippen molar-refractivity contribution in [3.63, 3.8) is 0 Å². The lowest BCUT2D eigenvalue weighted by atomic mass is 10.0. The van der Waals surface area contributed by atoms with Gasteiger partial charge in [-0.05, 0) is 60.4 Å². The molecule has 2 N–H and O–H groups in total. The van der Waals surface area contributed by atoms with Crippen molar-refractivity contribution in [3.8, 4) is 17.3 Å². The highest BCUT2D eigenvalue weighted by atomic mass is 19.1. The second-order valence-corrected chi connectivity index (χ2v) is 8.05. The second-order valence-electron chi connectivity index (χ2n) is 8.05. The number of nitrogen functional groups attached to an aromatic ring is 1. The van der Waals surface area contributed by atoms with Gasteiger partial charge in [0.15, 0.2) is 5.78 Å². The summed E-state index contributed by atoms with van der Waals surface area (Å²) in [6, 6.07) is 14.0. The van der Waals surface area contributed by atoms with Crippen molar-refractivity contribution in [1.82, 2.24) is 14.8 Å². The molecule has 0 bridgehead atoms. The number of nitrogens with zero attached hydrogens (tertiary/aromatic N) is 3. The molecule has 0 fully saturated rings. The molecule has 2 aromatic heterocycles. The van der Waals surface area contributed by atoms with Gasteiger partial charge in [0.25, 0.3) is 0 Å². The molecule has 1 aliphatic carbocycles. The first kappa shape index (κ1) is 20.6. The predicted molar refractivity (Wildman–Crippen MR) is 124 cm³/mol. The molecule has 0 unspecified atom stereocenters. The molecular weight excluding hydrogens is 419 g/mol. The minimum Gasteiger partial charge on any atom is -0.439 e. The van der Waals surface area contributed by atoms with E-state index in [1.165, 1.54) is 23.0 Å². The maximum Gasteiger partial charge on any atom is 0.219 e. The molecule has 2 aromatic carbocycles. The lowest BCUT2D eigenvalue weighted by molar-refractivity contribution is 0.103. The summed E-state index contributed by atoms with van der Waals surface area (Å²) >= 11 is 0. The SMILES string of the molecule is Cc1ccccc1Oc1cc(C)c(-n2ncc(C(=O)C3=Cc4ccc(F)cc4C3)c2N)cn1. The monoisotopic (exact) mass is 440 g/mol. The van der Waals surface area contributed by atoms with Gasteiger partial charge in [0.2, 0.25) is 5.88 Å². The van der Waals surface area contributed by atoms with Crippen LogP contribution in [0.4, 0.5) is 10.2 Å². The number of benzene rings is 2. The quantitative estimate of drug-likeness (QED) is 0.430. The number of hydrogen-bond acceptors (Lipinski definition) is 5. The van der Waals surface area contributed by atoms with Crippen LogP contribution in [0.5, 0.6) is 11.6 Å². The highest BCUT2D eigenvalue weighted by Crippen LogP contribution is 2.31. The molecule has 5 rings (SSSR count). The first-order valence-corrected chi connectivity index (χ1v) is 10.5. The third-order valence-corrected chi connectivity index (χ3v) is 5.75. The average Bonchev–Trinajstić information content (AvgIpc) is 3.38. The molecular formula is C26H21FN4O2. The number of carbonyl (C=O) groups excluding carboxylic acids is 1. The second kappa shape index (κ2) is 8.02. The van der Waals surface area contributed by atoms with Gasteiger partial charge in [-0.2, -0.15) is 5.10 Å². The maximum atomic E-state index is 13.5. The van der Waals surface area contributed by atoms with Crippen LogP contribution in [-0.4, -0.2) is 20.5 Å². The number of nitrogens with two attached hydrogens (primary N) is 1. The Kier molecular flexibility index (Phi) is 5.01. The van der Waals surface area contributed by atoms with Crippen molar-refractivity contribution in [3.05, 3.63) is 100 Å². The Hall–Kier alpha value is -4.26. The van der Waals surface area contributed by atoms with Crippen molar-refractivity contribution in [1.29, 1.82) is 0 Å². The van der Waals surface area contributed by atoms with E-state index in [1.807, 2.05) is 38.1 Å². The van der Waals surface area contributed by atoms with Crippen LogP contribution in [-0.2, 0) is 6.42 Å². The van der Waals surface area contributed by atoms with Crippen molar-refractivity contribution < 1.29 is 13.9 Å². The number of aromatic nitrogens is 3. The summed E-state index contributed by atoms with van der Waals surface area (Å²) in [6.45, 7) is 3.86. The molecule has 0 amide bonds. The third kappa shape index (κ3) is 3.78. The minimum atomic E-state index is -0.319. The van der Waals surface area contributed by atoms with E-state index in [0.717, 1.165) is 28.0 Å². The number of ketones is 1. The number of carbonyl (C=O) groups is 1. The molecule has 4 aromatic rings. The Morgan fingerprint density at radius 3 is 2.70 bits per heavy atom. The number of anilines is 1. The molecule has 0 atom stereocenters. The van der Waals surface area contributed by atoms with Gasteiger partial charge in [0.05, 0.1) is 23.6 Å². The van der Waals surface area contributed by atoms with E-state index in [0.29, 0.717) is 29.1 Å². The van der Waals surface area contributed by atoms with Crippen LogP contribution >= 0.6 is 0 Å². The van der Waals surface area contributed by atoms with Crippen molar-refractivity contribution in [2.75, 3.05) is 5.73 Å². The van der Waals surface area contributed by atoms with Gasteiger partial charge >= 0.3 is 0 Å². The van der Waals surface area contributed by atoms with Gasteiger partial charge in [-0.15, -0.1) is 0 Å². The van der Waals surface area contributed by atoms with Gasteiger partial charge in [-0.25, -0.2) is 14.1 Å². The largest absolute Gasteiger partial charge is 0.439 e. The predicted octanol–water partition coefficient (Wildman–Crippen LogP) is 5.22. The first-order chi connectivity index (χ1) is 15.9. The first-order valence-electron chi connectivity index (χ1n) is 10.5.